The molecule has 0 saturated heterocycles. The highest BCUT2D eigenvalue weighted by Gasteiger charge is 2.14. The molecule has 0 atom stereocenters. The van der Waals surface area contributed by atoms with E-state index in [2.05, 4.69) is 37.2 Å². The third-order valence-corrected chi connectivity index (χ3v) is 4.07. The first kappa shape index (κ1) is 16.1. The molecule has 0 fully saturated rings. The standard InChI is InChI=1S/C14H9Br2FN2OS/c15-7-1-3-11(16)9(5-7)14(20)19-12-4-2-8(17)6-10(12)13(18)21/h1-6H,(H2,18,21)(H,19,20). The summed E-state index contributed by atoms with van der Waals surface area (Å²) in [6.07, 6.45) is 0. The predicted octanol–water partition coefficient (Wildman–Crippen LogP) is 4.24. The van der Waals surface area contributed by atoms with E-state index in [9.17, 15) is 9.18 Å². The molecule has 0 aliphatic rings. The lowest BCUT2D eigenvalue weighted by Gasteiger charge is -2.11. The average Bonchev–Trinajstić information content (AvgIpc) is 2.43. The van der Waals surface area contributed by atoms with Gasteiger partial charge in [-0.1, -0.05) is 28.1 Å². The van der Waals surface area contributed by atoms with Crippen molar-refractivity contribution in [3.63, 3.8) is 0 Å². The third kappa shape index (κ3) is 3.87. The summed E-state index contributed by atoms with van der Waals surface area (Å²) in [4.78, 5) is 12.3. The number of carbonyl (C=O) groups is 1. The molecule has 0 aliphatic heterocycles. The van der Waals surface area contributed by atoms with Crippen molar-refractivity contribution in [3.8, 4) is 0 Å². The molecule has 1 amide bonds. The fourth-order valence-corrected chi connectivity index (χ4v) is 2.65. The zero-order chi connectivity index (χ0) is 15.6. The second kappa shape index (κ2) is 6.64. The Bertz CT molecular complexity index is 737. The van der Waals surface area contributed by atoms with Gasteiger partial charge in [-0.2, -0.15) is 0 Å². The van der Waals surface area contributed by atoms with Crippen molar-refractivity contribution in [1.29, 1.82) is 0 Å². The molecule has 21 heavy (non-hydrogen) atoms. The van der Waals surface area contributed by atoms with Crippen LogP contribution in [0.1, 0.15) is 15.9 Å². The minimum Gasteiger partial charge on any atom is -0.389 e. The Balaban J connectivity index is 2.36. The van der Waals surface area contributed by atoms with Gasteiger partial charge < -0.3 is 11.1 Å². The molecule has 0 radical (unpaired) electrons. The van der Waals surface area contributed by atoms with Crippen LogP contribution in [0.25, 0.3) is 0 Å². The van der Waals surface area contributed by atoms with Gasteiger partial charge in [0.2, 0.25) is 0 Å². The highest BCUT2D eigenvalue weighted by atomic mass is 79.9. The number of anilines is 1. The summed E-state index contributed by atoms with van der Waals surface area (Å²) in [7, 11) is 0. The molecule has 0 unspecified atom stereocenters. The van der Waals surface area contributed by atoms with Gasteiger partial charge in [0.1, 0.15) is 10.8 Å². The monoisotopic (exact) mass is 430 g/mol. The van der Waals surface area contributed by atoms with Crippen LogP contribution in [0.3, 0.4) is 0 Å². The number of amides is 1. The number of hydrogen-bond acceptors (Lipinski definition) is 2. The first-order valence-electron chi connectivity index (χ1n) is 5.74. The SMILES string of the molecule is NC(=S)c1cc(F)ccc1NC(=O)c1cc(Br)ccc1Br. The molecule has 108 valence electrons. The molecule has 0 saturated carbocycles. The summed E-state index contributed by atoms with van der Waals surface area (Å²) >= 11 is 11.5. The van der Waals surface area contributed by atoms with Crippen molar-refractivity contribution in [2.24, 2.45) is 5.73 Å². The van der Waals surface area contributed by atoms with Crippen LogP contribution >= 0.6 is 44.1 Å². The van der Waals surface area contributed by atoms with Crippen LogP contribution in [-0.4, -0.2) is 10.9 Å². The first-order valence-corrected chi connectivity index (χ1v) is 7.73. The Morgan fingerprint density at radius 2 is 1.86 bits per heavy atom. The maximum Gasteiger partial charge on any atom is 0.256 e. The molecule has 7 heteroatoms. The van der Waals surface area contributed by atoms with E-state index < -0.39 is 5.82 Å². The van der Waals surface area contributed by atoms with Crippen molar-refractivity contribution >= 4 is 60.7 Å². The van der Waals surface area contributed by atoms with Crippen LogP contribution in [0.2, 0.25) is 0 Å². The van der Waals surface area contributed by atoms with Crippen molar-refractivity contribution < 1.29 is 9.18 Å². The number of carbonyl (C=O) groups excluding carboxylic acids is 1. The summed E-state index contributed by atoms with van der Waals surface area (Å²) in [5, 5.41) is 2.68. The Morgan fingerprint density at radius 1 is 1.14 bits per heavy atom. The minimum atomic E-state index is -0.473. The molecule has 2 aromatic rings. The summed E-state index contributed by atoms with van der Waals surface area (Å²) in [6, 6.07) is 9.07. The topological polar surface area (TPSA) is 55.1 Å². The number of halogens is 3. The zero-order valence-electron chi connectivity index (χ0n) is 10.5. The normalized spacial score (nSPS) is 10.2. The predicted molar refractivity (Wildman–Crippen MR) is 92.1 cm³/mol. The molecule has 2 aromatic carbocycles. The van der Waals surface area contributed by atoms with Crippen LogP contribution in [0.4, 0.5) is 10.1 Å². The number of nitrogens with two attached hydrogens (primary N) is 1. The minimum absolute atomic E-state index is 0.0121. The summed E-state index contributed by atoms with van der Waals surface area (Å²) in [6.45, 7) is 0. The van der Waals surface area contributed by atoms with Crippen molar-refractivity contribution in [3.05, 3.63) is 62.3 Å². The van der Waals surface area contributed by atoms with Crippen LogP contribution in [0, 0.1) is 5.82 Å². The third-order valence-electron chi connectivity index (χ3n) is 2.67. The van der Waals surface area contributed by atoms with E-state index in [1.807, 2.05) is 0 Å². The largest absolute Gasteiger partial charge is 0.389 e. The zero-order valence-corrected chi connectivity index (χ0v) is 14.5. The maximum atomic E-state index is 13.2. The lowest BCUT2D eigenvalue weighted by molar-refractivity contribution is 0.102. The van der Waals surface area contributed by atoms with Gasteiger partial charge in [0.05, 0.1) is 11.3 Å². The fraction of sp³-hybridized carbons (Fsp3) is 0. The quantitative estimate of drug-likeness (QED) is 0.714. The van der Waals surface area contributed by atoms with E-state index in [0.717, 1.165) is 4.47 Å². The maximum absolute atomic E-state index is 13.2. The van der Waals surface area contributed by atoms with E-state index in [1.54, 1.807) is 18.2 Å². The first-order chi connectivity index (χ1) is 9.88. The molecule has 3 nitrogen and oxygen atoms in total. The highest BCUT2D eigenvalue weighted by Crippen LogP contribution is 2.24. The number of benzene rings is 2. The Labute approximate surface area is 143 Å². The van der Waals surface area contributed by atoms with Gasteiger partial charge in [-0.3, -0.25) is 4.79 Å². The van der Waals surface area contributed by atoms with Gasteiger partial charge in [0.15, 0.2) is 0 Å². The summed E-state index contributed by atoms with van der Waals surface area (Å²) < 4.78 is 14.7. The molecule has 0 heterocycles. The molecule has 2 rings (SSSR count). The molecule has 0 aliphatic carbocycles. The van der Waals surface area contributed by atoms with Gasteiger partial charge in [-0.05, 0) is 52.3 Å². The van der Waals surface area contributed by atoms with Crippen LogP contribution in [0.5, 0.6) is 0 Å². The fourth-order valence-electron chi connectivity index (χ4n) is 1.69. The van der Waals surface area contributed by atoms with Crippen molar-refractivity contribution in [1.82, 2.24) is 0 Å². The Morgan fingerprint density at radius 3 is 2.52 bits per heavy atom. The second-order valence-corrected chi connectivity index (χ2v) is 6.34. The molecule has 0 bridgehead atoms. The van der Waals surface area contributed by atoms with Crippen LogP contribution in [-0.2, 0) is 0 Å². The lowest BCUT2D eigenvalue weighted by Crippen LogP contribution is -2.18. The van der Waals surface area contributed by atoms with E-state index in [-0.39, 0.29) is 16.5 Å². The molecule has 0 aromatic heterocycles. The molecular weight excluding hydrogens is 423 g/mol. The molecule has 0 spiro atoms. The summed E-state index contributed by atoms with van der Waals surface area (Å²) in [5.74, 6) is -0.827. The molecular formula is C14H9Br2FN2OS. The smallest absolute Gasteiger partial charge is 0.256 e. The van der Waals surface area contributed by atoms with Crippen molar-refractivity contribution in [2.75, 3.05) is 5.32 Å². The van der Waals surface area contributed by atoms with E-state index >= 15 is 0 Å². The molecule has 3 N–H and O–H groups in total. The average molecular weight is 432 g/mol. The number of thiocarbonyl (C=S) groups is 1. The second-order valence-electron chi connectivity index (χ2n) is 4.13. The number of hydrogen-bond donors (Lipinski definition) is 2. The summed E-state index contributed by atoms with van der Waals surface area (Å²) in [5.41, 5.74) is 6.63. The van der Waals surface area contributed by atoms with Crippen LogP contribution in [0.15, 0.2) is 45.3 Å². The number of rotatable bonds is 3. The van der Waals surface area contributed by atoms with Gasteiger partial charge in [-0.15, -0.1) is 0 Å². The van der Waals surface area contributed by atoms with E-state index in [4.69, 9.17) is 18.0 Å². The highest BCUT2D eigenvalue weighted by molar-refractivity contribution is 9.11. The van der Waals surface area contributed by atoms with Gasteiger partial charge in [0.25, 0.3) is 5.91 Å². The lowest BCUT2D eigenvalue weighted by atomic mass is 10.1. The Hall–Kier alpha value is -1.31. The van der Waals surface area contributed by atoms with E-state index in [1.165, 1.54) is 18.2 Å². The Kier molecular flexibility index (Phi) is 5.08. The van der Waals surface area contributed by atoms with E-state index in [0.29, 0.717) is 15.7 Å². The van der Waals surface area contributed by atoms with Gasteiger partial charge in [0, 0.05) is 14.5 Å². The van der Waals surface area contributed by atoms with Gasteiger partial charge >= 0.3 is 0 Å². The van der Waals surface area contributed by atoms with Gasteiger partial charge in [-0.25, -0.2) is 4.39 Å². The number of nitrogens with one attached hydrogen (secondary N) is 1. The van der Waals surface area contributed by atoms with Crippen LogP contribution < -0.4 is 11.1 Å². The van der Waals surface area contributed by atoms with Crippen molar-refractivity contribution in [2.45, 2.75) is 0 Å².